The summed E-state index contributed by atoms with van der Waals surface area (Å²) in [6.07, 6.45) is 1.40. The van der Waals surface area contributed by atoms with Crippen LogP contribution in [0.2, 0.25) is 5.02 Å². The molecule has 3 rings (SSSR count). The van der Waals surface area contributed by atoms with E-state index in [1.165, 1.54) is 13.3 Å². The van der Waals surface area contributed by atoms with E-state index in [9.17, 15) is 9.59 Å². The van der Waals surface area contributed by atoms with Gasteiger partial charge in [0.25, 0.3) is 5.91 Å². The lowest BCUT2D eigenvalue weighted by atomic mass is 10.2. The van der Waals surface area contributed by atoms with Crippen LogP contribution in [0.3, 0.4) is 0 Å². The molecule has 0 saturated carbocycles. The summed E-state index contributed by atoms with van der Waals surface area (Å²) in [6.45, 7) is 0. The van der Waals surface area contributed by atoms with Gasteiger partial charge in [-0.3, -0.25) is 14.9 Å². The number of carbonyl (C=O) groups is 2. The minimum Gasteiger partial charge on any atom is -0.495 e. The number of rotatable bonds is 6. The Morgan fingerprint density at radius 3 is 2.82 bits per heavy atom. The molecule has 2 aromatic rings. The average molecular weight is 400 g/mol. The molecule has 0 aromatic heterocycles. The number of nitrogens with zero attached hydrogens (tertiary/aromatic N) is 2. The third kappa shape index (κ3) is 4.86. The van der Waals surface area contributed by atoms with Crippen LogP contribution in [-0.2, 0) is 9.59 Å². The molecule has 144 valence electrons. The fourth-order valence-electron chi connectivity index (χ4n) is 2.51. The summed E-state index contributed by atoms with van der Waals surface area (Å²) in [5.41, 5.74) is 3.88. The number of hydrogen-bond donors (Lipinski definition) is 3. The van der Waals surface area contributed by atoms with Gasteiger partial charge in [-0.2, -0.15) is 5.10 Å². The van der Waals surface area contributed by atoms with E-state index in [0.717, 1.165) is 0 Å². The van der Waals surface area contributed by atoms with Crippen molar-refractivity contribution in [2.45, 2.75) is 12.5 Å². The van der Waals surface area contributed by atoms with Crippen molar-refractivity contribution in [2.75, 3.05) is 12.4 Å². The number of carbonyl (C=O) groups excluding carboxylic acids is 2. The molecular weight excluding hydrogens is 382 g/mol. The van der Waals surface area contributed by atoms with Crippen LogP contribution >= 0.6 is 11.6 Å². The molecule has 0 bridgehead atoms. The summed E-state index contributed by atoms with van der Waals surface area (Å²) in [7, 11) is 1.51. The molecule has 2 amide bonds. The molecule has 0 unspecified atom stereocenters. The lowest BCUT2D eigenvalue weighted by molar-refractivity contribution is -0.123. The number of hydrogen-bond acceptors (Lipinski definition) is 6. The summed E-state index contributed by atoms with van der Waals surface area (Å²) in [5, 5.41) is 9.81. The number of para-hydroxylation sites is 2. The third-order valence-corrected chi connectivity index (χ3v) is 4.21. The maximum Gasteiger partial charge on any atom is 0.252 e. The summed E-state index contributed by atoms with van der Waals surface area (Å²) in [6, 6.07) is 13.4. The van der Waals surface area contributed by atoms with Gasteiger partial charge >= 0.3 is 0 Å². The Bertz CT molecular complexity index is 945. The highest BCUT2D eigenvalue weighted by molar-refractivity contribution is 6.33. The molecule has 8 nitrogen and oxygen atoms in total. The van der Waals surface area contributed by atoms with Crippen LogP contribution in [0.15, 0.2) is 58.6 Å². The standard InChI is InChI=1S/C19H18ClN5O3/c1-28-16-9-5-4-8-14(16)22-17(26)10-15-18(27)24-19(23-15)25-21-11-12-6-2-3-7-13(12)20/h2-9,11,15H,10H2,1H3,(H,22,26)(H2,23,24,25,27)/b21-11-/t15-/m1/s1. The Labute approximate surface area is 166 Å². The number of guanidine groups is 1. The first kappa shape index (κ1) is 19.4. The highest BCUT2D eigenvalue weighted by atomic mass is 35.5. The van der Waals surface area contributed by atoms with Gasteiger partial charge in [-0.25, -0.2) is 10.4 Å². The lowest BCUT2D eigenvalue weighted by Gasteiger charge is -2.10. The Hall–Kier alpha value is -3.39. The predicted octanol–water partition coefficient (Wildman–Crippen LogP) is 2.16. The van der Waals surface area contributed by atoms with Crippen molar-refractivity contribution in [3.63, 3.8) is 0 Å². The van der Waals surface area contributed by atoms with Gasteiger partial charge in [0.2, 0.25) is 11.9 Å². The Morgan fingerprint density at radius 1 is 1.29 bits per heavy atom. The zero-order valence-electron chi connectivity index (χ0n) is 15.0. The minimum atomic E-state index is -0.840. The van der Waals surface area contributed by atoms with Gasteiger partial charge in [-0.1, -0.05) is 41.9 Å². The molecule has 0 saturated heterocycles. The van der Waals surface area contributed by atoms with Gasteiger partial charge in [0.05, 0.1) is 25.4 Å². The van der Waals surface area contributed by atoms with E-state index < -0.39 is 6.04 Å². The molecule has 2 aromatic carbocycles. The molecule has 1 heterocycles. The van der Waals surface area contributed by atoms with Gasteiger partial charge < -0.3 is 10.1 Å². The minimum absolute atomic E-state index is 0.108. The monoisotopic (exact) mass is 399 g/mol. The zero-order chi connectivity index (χ0) is 19.9. The van der Waals surface area contributed by atoms with Gasteiger partial charge in [0.15, 0.2) is 0 Å². The van der Waals surface area contributed by atoms with Crippen molar-refractivity contribution in [2.24, 2.45) is 10.1 Å². The molecule has 1 aliphatic rings. The fourth-order valence-corrected chi connectivity index (χ4v) is 2.69. The van der Waals surface area contributed by atoms with E-state index in [2.05, 4.69) is 26.2 Å². The van der Waals surface area contributed by atoms with Crippen molar-refractivity contribution >= 4 is 41.3 Å². The van der Waals surface area contributed by atoms with Crippen molar-refractivity contribution < 1.29 is 14.3 Å². The van der Waals surface area contributed by atoms with Gasteiger partial charge in [0, 0.05) is 10.6 Å². The van der Waals surface area contributed by atoms with Crippen LogP contribution in [0.25, 0.3) is 0 Å². The molecule has 0 radical (unpaired) electrons. The number of methoxy groups -OCH3 is 1. The number of halogens is 1. The van der Waals surface area contributed by atoms with E-state index in [0.29, 0.717) is 22.0 Å². The van der Waals surface area contributed by atoms with Crippen molar-refractivity contribution in [3.8, 4) is 5.75 Å². The molecule has 9 heteroatoms. The van der Waals surface area contributed by atoms with Crippen LogP contribution in [-0.4, -0.2) is 37.1 Å². The first-order valence-corrected chi connectivity index (χ1v) is 8.80. The first-order valence-electron chi connectivity index (χ1n) is 8.42. The van der Waals surface area contributed by atoms with Crippen LogP contribution in [0.5, 0.6) is 5.75 Å². The second-order valence-corrected chi connectivity index (χ2v) is 6.23. The third-order valence-electron chi connectivity index (χ3n) is 3.87. The van der Waals surface area contributed by atoms with E-state index in [1.807, 2.05) is 12.1 Å². The number of amides is 2. The molecule has 0 aliphatic carbocycles. The highest BCUT2D eigenvalue weighted by Gasteiger charge is 2.28. The molecule has 0 spiro atoms. The lowest BCUT2D eigenvalue weighted by Crippen LogP contribution is -2.35. The van der Waals surface area contributed by atoms with E-state index in [-0.39, 0.29) is 24.2 Å². The number of benzene rings is 2. The van der Waals surface area contributed by atoms with E-state index in [1.54, 1.807) is 36.4 Å². The predicted molar refractivity (Wildman–Crippen MR) is 108 cm³/mol. The average Bonchev–Trinajstić information content (AvgIpc) is 3.03. The van der Waals surface area contributed by atoms with E-state index in [4.69, 9.17) is 16.3 Å². The van der Waals surface area contributed by atoms with Gasteiger partial charge in [0.1, 0.15) is 11.8 Å². The number of ether oxygens (including phenoxy) is 1. The smallest absolute Gasteiger partial charge is 0.252 e. The number of nitrogens with one attached hydrogen (secondary N) is 3. The van der Waals surface area contributed by atoms with Crippen LogP contribution in [0.4, 0.5) is 5.69 Å². The molecule has 1 atom stereocenters. The summed E-state index contributed by atoms with van der Waals surface area (Å²) in [4.78, 5) is 28.4. The van der Waals surface area contributed by atoms with Gasteiger partial charge in [-0.15, -0.1) is 0 Å². The SMILES string of the molecule is COc1ccccc1NC(=O)C[C@H]1N=C(N/N=C\c2ccccc2Cl)NC1=O. The quantitative estimate of drug-likeness (QED) is 0.511. The second kappa shape index (κ2) is 9.01. The van der Waals surface area contributed by atoms with Crippen LogP contribution in [0, 0.1) is 0 Å². The van der Waals surface area contributed by atoms with Crippen molar-refractivity contribution in [3.05, 3.63) is 59.1 Å². The van der Waals surface area contributed by atoms with Gasteiger partial charge in [-0.05, 0) is 18.2 Å². The Kier molecular flexibility index (Phi) is 6.23. The Morgan fingerprint density at radius 2 is 2.04 bits per heavy atom. The Balaban J connectivity index is 1.57. The highest BCUT2D eigenvalue weighted by Crippen LogP contribution is 2.23. The second-order valence-electron chi connectivity index (χ2n) is 5.83. The summed E-state index contributed by atoms with van der Waals surface area (Å²) in [5.74, 6) is -0.0327. The number of aliphatic imine (C=N–C) groups is 1. The van der Waals surface area contributed by atoms with Crippen LogP contribution < -0.4 is 20.8 Å². The van der Waals surface area contributed by atoms with Crippen molar-refractivity contribution in [1.82, 2.24) is 10.7 Å². The number of hydrazone groups is 1. The molecule has 0 fully saturated rings. The van der Waals surface area contributed by atoms with Crippen molar-refractivity contribution in [1.29, 1.82) is 0 Å². The summed E-state index contributed by atoms with van der Waals surface area (Å²) < 4.78 is 5.19. The molecule has 3 N–H and O–H groups in total. The van der Waals surface area contributed by atoms with Crippen LogP contribution in [0.1, 0.15) is 12.0 Å². The fraction of sp³-hybridized carbons (Fsp3) is 0.158. The zero-order valence-corrected chi connectivity index (χ0v) is 15.7. The molecular formula is C19H18ClN5O3. The maximum atomic E-state index is 12.2. The first-order chi connectivity index (χ1) is 13.6. The molecule has 1 aliphatic heterocycles. The maximum absolute atomic E-state index is 12.2. The topological polar surface area (TPSA) is 104 Å². The largest absolute Gasteiger partial charge is 0.495 e. The summed E-state index contributed by atoms with van der Waals surface area (Å²) >= 11 is 6.04. The van der Waals surface area contributed by atoms with E-state index >= 15 is 0 Å². The molecule has 28 heavy (non-hydrogen) atoms. The number of anilines is 1. The normalized spacial score (nSPS) is 15.9.